The van der Waals surface area contributed by atoms with Gasteiger partial charge in [-0.25, -0.2) is 4.68 Å². The van der Waals surface area contributed by atoms with Gasteiger partial charge in [-0.3, -0.25) is 0 Å². The topological polar surface area (TPSA) is 27.1 Å². The molecule has 26 heavy (non-hydrogen) atoms. The van der Waals surface area contributed by atoms with Gasteiger partial charge in [0, 0.05) is 11.1 Å². The maximum Gasteiger partial charge on any atom is 0.482 e. The molecule has 4 aromatic rings. The van der Waals surface area contributed by atoms with Crippen molar-refractivity contribution in [2.45, 2.75) is 6.92 Å². The fraction of sp³-hybridized carbons (Fsp3) is 0.0455. The average molecular weight is 352 g/mol. The van der Waals surface area contributed by atoms with E-state index in [0.717, 1.165) is 39.5 Å². The molecular weight excluding hydrogens is 335 g/mol. The van der Waals surface area contributed by atoms with E-state index in [2.05, 4.69) is 72.1 Å². The van der Waals surface area contributed by atoms with Crippen molar-refractivity contribution in [2.75, 3.05) is 0 Å². The fourth-order valence-electron chi connectivity index (χ4n) is 3.25. The third kappa shape index (κ3) is 2.95. The summed E-state index contributed by atoms with van der Waals surface area (Å²) in [4.78, 5) is 0. The Morgan fingerprint density at radius 1 is 0.769 bits per heavy atom. The number of para-hydroxylation sites is 2. The molecule has 4 rings (SSSR count). The number of aryl methyl sites for hydroxylation is 1. The van der Waals surface area contributed by atoms with Crippen molar-refractivity contribution >= 4 is 16.6 Å². The lowest BCUT2D eigenvalue weighted by molar-refractivity contribution is 0.606. The molecule has 0 saturated heterocycles. The number of rotatable bonds is 4. The summed E-state index contributed by atoms with van der Waals surface area (Å²) in [6.45, 7) is 2.05. The Hall–Kier alpha value is -2.80. The maximum atomic E-state index is 5.50. The standard InChI is InChI=1S/C22H18N2O.Al/c1-16-21(17-10-4-2-5-11-17)22(18-12-6-3-7-13-18)24(23-16)19-14-8-9-15-20(19)25;/h2-15,25H,1H3;/q;+1/p-1. The smallest absolute Gasteiger partial charge is 0.482 e. The van der Waals surface area contributed by atoms with E-state index in [1.54, 1.807) is 0 Å². The molecule has 2 radical (unpaired) electrons. The SMILES string of the molecule is Cc1nn(-c2ccccc2[O][Al])c(-c2ccccc2)c1-c1ccccc1. The largest absolute Gasteiger partial charge is 0.652 e. The maximum absolute atomic E-state index is 5.50. The van der Waals surface area contributed by atoms with Crippen LogP contribution in [0.2, 0.25) is 0 Å². The molecule has 124 valence electrons. The highest BCUT2D eigenvalue weighted by Gasteiger charge is 2.20. The van der Waals surface area contributed by atoms with Crippen LogP contribution in [0.1, 0.15) is 5.69 Å². The van der Waals surface area contributed by atoms with E-state index in [0.29, 0.717) is 0 Å². The first-order valence-corrected chi connectivity index (χ1v) is 8.93. The lowest BCUT2D eigenvalue weighted by Crippen LogP contribution is -2.02. The summed E-state index contributed by atoms with van der Waals surface area (Å²) in [5, 5.41) is 4.87. The summed E-state index contributed by atoms with van der Waals surface area (Å²) in [5.74, 6) is 0.761. The van der Waals surface area contributed by atoms with Gasteiger partial charge in [-0.2, -0.15) is 5.10 Å². The molecule has 3 aromatic carbocycles. The monoisotopic (exact) mass is 352 g/mol. The zero-order valence-corrected chi connectivity index (χ0v) is 15.6. The van der Waals surface area contributed by atoms with Crippen molar-refractivity contribution in [3.63, 3.8) is 0 Å². The molecule has 0 fully saturated rings. The van der Waals surface area contributed by atoms with Crippen LogP contribution in [0.3, 0.4) is 0 Å². The van der Waals surface area contributed by atoms with Crippen LogP contribution < -0.4 is 3.79 Å². The molecule has 0 aliphatic rings. The predicted octanol–water partition coefficient (Wildman–Crippen LogP) is 4.98. The highest BCUT2D eigenvalue weighted by molar-refractivity contribution is 6.00. The van der Waals surface area contributed by atoms with E-state index in [1.165, 1.54) is 0 Å². The molecule has 0 saturated carbocycles. The van der Waals surface area contributed by atoms with Gasteiger partial charge in [0.1, 0.15) is 11.4 Å². The van der Waals surface area contributed by atoms with Crippen molar-refractivity contribution in [1.29, 1.82) is 0 Å². The third-order valence-corrected chi connectivity index (χ3v) is 4.64. The zero-order chi connectivity index (χ0) is 17.9. The van der Waals surface area contributed by atoms with Crippen molar-refractivity contribution in [2.24, 2.45) is 0 Å². The summed E-state index contributed by atoms with van der Waals surface area (Å²) in [7, 11) is 0. The van der Waals surface area contributed by atoms with Gasteiger partial charge in [0.05, 0.1) is 11.4 Å². The molecule has 1 heterocycles. The lowest BCUT2D eigenvalue weighted by Gasteiger charge is -2.14. The summed E-state index contributed by atoms with van der Waals surface area (Å²) in [5.41, 5.74) is 6.35. The first-order valence-electron chi connectivity index (χ1n) is 8.46. The van der Waals surface area contributed by atoms with Crippen LogP contribution in [0.15, 0.2) is 84.9 Å². The Morgan fingerprint density at radius 3 is 2.00 bits per heavy atom. The average Bonchev–Trinajstić information content (AvgIpc) is 3.06. The first-order chi connectivity index (χ1) is 12.8. The van der Waals surface area contributed by atoms with Crippen LogP contribution in [0.4, 0.5) is 0 Å². The molecular formula is C22H17AlN2O. The van der Waals surface area contributed by atoms with Crippen LogP contribution in [0.5, 0.6) is 5.75 Å². The van der Waals surface area contributed by atoms with E-state index < -0.39 is 0 Å². The van der Waals surface area contributed by atoms with Gasteiger partial charge in [-0.15, -0.1) is 0 Å². The molecule has 0 atom stereocenters. The second-order valence-corrected chi connectivity index (χ2v) is 6.27. The van der Waals surface area contributed by atoms with Gasteiger partial charge in [0.2, 0.25) is 0 Å². The van der Waals surface area contributed by atoms with E-state index in [-0.39, 0.29) is 0 Å². The number of nitrogens with zero attached hydrogens (tertiary/aromatic N) is 2. The molecule has 1 aromatic heterocycles. The molecule has 0 aliphatic carbocycles. The first kappa shape index (κ1) is 16.7. The number of benzene rings is 3. The molecule has 0 N–H and O–H groups in total. The van der Waals surface area contributed by atoms with Crippen LogP contribution in [0, 0.1) is 6.92 Å². The highest BCUT2D eigenvalue weighted by atomic mass is 27.1. The highest BCUT2D eigenvalue weighted by Crippen LogP contribution is 2.38. The second kappa shape index (κ2) is 7.21. The Balaban J connectivity index is 2.05. The van der Waals surface area contributed by atoms with Crippen molar-refractivity contribution < 1.29 is 3.79 Å². The van der Waals surface area contributed by atoms with Crippen molar-refractivity contribution in [3.8, 4) is 33.8 Å². The second-order valence-electron chi connectivity index (χ2n) is 6.04. The predicted molar refractivity (Wildman–Crippen MR) is 106 cm³/mol. The minimum Gasteiger partial charge on any atom is -0.652 e. The normalized spacial score (nSPS) is 10.7. The van der Waals surface area contributed by atoms with Gasteiger partial charge in [-0.1, -0.05) is 72.8 Å². The molecule has 4 heteroatoms. The number of aromatic nitrogens is 2. The van der Waals surface area contributed by atoms with Gasteiger partial charge in [0.15, 0.2) is 0 Å². The Bertz CT molecular complexity index is 1030. The fourth-order valence-corrected chi connectivity index (χ4v) is 3.45. The van der Waals surface area contributed by atoms with Crippen molar-refractivity contribution in [3.05, 3.63) is 90.6 Å². The minimum absolute atomic E-state index is 0.761. The van der Waals surface area contributed by atoms with Crippen LogP contribution in [-0.4, -0.2) is 26.4 Å². The molecule has 3 nitrogen and oxygen atoms in total. The van der Waals surface area contributed by atoms with Gasteiger partial charge < -0.3 is 3.79 Å². The van der Waals surface area contributed by atoms with Crippen molar-refractivity contribution in [1.82, 2.24) is 9.78 Å². The Morgan fingerprint density at radius 2 is 1.35 bits per heavy atom. The van der Waals surface area contributed by atoms with Crippen LogP contribution in [-0.2, 0) is 0 Å². The van der Waals surface area contributed by atoms with Crippen LogP contribution in [0.25, 0.3) is 28.1 Å². The quantitative estimate of drug-likeness (QED) is 0.485. The Labute approximate surface area is 161 Å². The van der Waals surface area contributed by atoms with E-state index in [9.17, 15) is 0 Å². The van der Waals surface area contributed by atoms with Gasteiger partial charge in [-0.05, 0) is 24.6 Å². The molecule has 0 aliphatic heterocycles. The third-order valence-electron chi connectivity index (χ3n) is 4.39. The van der Waals surface area contributed by atoms with Gasteiger partial charge in [0.25, 0.3) is 0 Å². The van der Waals surface area contributed by atoms with E-state index in [1.807, 2.05) is 41.1 Å². The molecule has 0 amide bonds. The molecule has 0 bridgehead atoms. The number of hydrogen-bond donors (Lipinski definition) is 0. The Kier molecular flexibility index (Phi) is 4.62. The van der Waals surface area contributed by atoms with E-state index >= 15 is 0 Å². The number of hydrogen-bond acceptors (Lipinski definition) is 2. The summed E-state index contributed by atoms with van der Waals surface area (Å²) >= 11 is 2.32. The zero-order valence-electron chi connectivity index (χ0n) is 14.5. The lowest BCUT2D eigenvalue weighted by atomic mass is 9.99. The molecule has 0 unspecified atom stereocenters. The van der Waals surface area contributed by atoms with Gasteiger partial charge >= 0.3 is 16.6 Å². The van der Waals surface area contributed by atoms with E-state index in [4.69, 9.17) is 8.89 Å². The van der Waals surface area contributed by atoms with Crippen LogP contribution >= 0.6 is 0 Å². The summed E-state index contributed by atoms with van der Waals surface area (Å²) in [6, 6.07) is 28.7. The summed E-state index contributed by atoms with van der Waals surface area (Å²) in [6.07, 6.45) is 0. The minimum atomic E-state index is 0.761. The molecule has 0 spiro atoms. The summed E-state index contributed by atoms with van der Waals surface area (Å²) < 4.78 is 7.48.